The van der Waals surface area contributed by atoms with Crippen molar-refractivity contribution in [3.05, 3.63) is 215 Å². The number of ether oxygens (including phenoxy) is 7. The molecule has 0 bridgehead atoms. The lowest BCUT2D eigenvalue weighted by atomic mass is 9.97. The number of rotatable bonds is 26. The van der Waals surface area contributed by atoms with Crippen molar-refractivity contribution in [1.82, 2.24) is 4.90 Å². The van der Waals surface area contributed by atoms with Crippen LogP contribution in [0.3, 0.4) is 0 Å². The molecule has 0 aromatic heterocycles. The second kappa shape index (κ2) is 27.0. The molecule has 10 nitrogen and oxygen atoms in total. The first-order valence-corrected chi connectivity index (χ1v) is 24.3. The molecular weight excluding hydrogens is 867 g/mol. The van der Waals surface area contributed by atoms with E-state index in [0.717, 1.165) is 33.4 Å². The number of unbranched alkanes of at least 4 members (excludes halogenated alkanes) is 1. The van der Waals surface area contributed by atoms with E-state index < -0.39 is 48.6 Å². The Morgan fingerprint density at radius 2 is 0.928 bits per heavy atom. The third kappa shape index (κ3) is 17.1. The summed E-state index contributed by atoms with van der Waals surface area (Å²) in [5, 5.41) is 11.8. The molecule has 7 rings (SSSR count). The van der Waals surface area contributed by atoms with E-state index in [1.165, 1.54) is 0 Å². The first kappa shape index (κ1) is 51.3. The van der Waals surface area contributed by atoms with Crippen molar-refractivity contribution in [2.24, 2.45) is 0 Å². The second-order valence-corrected chi connectivity index (χ2v) is 18.6. The third-order valence-electron chi connectivity index (χ3n) is 11.9. The number of aliphatic hydroxyl groups is 1. The molecule has 6 aromatic rings. The molecule has 7 atom stereocenters. The summed E-state index contributed by atoms with van der Waals surface area (Å²) >= 11 is 0. The SMILES string of the molecule is CC(C)(C)OC(=O)C(CCCCC(O)O[C@@H]1O[C@H](COCc2ccccc2)[C@@H](OCc2ccccc2)[C@H](OCc2ccccc2)[C@H]1OCc1ccccc1)N(Cc1ccccc1)Cc1ccccc1. The highest BCUT2D eigenvalue weighted by Crippen LogP contribution is 2.33. The lowest BCUT2D eigenvalue weighted by Crippen LogP contribution is -2.62. The van der Waals surface area contributed by atoms with Gasteiger partial charge < -0.3 is 38.3 Å². The van der Waals surface area contributed by atoms with E-state index in [0.29, 0.717) is 45.6 Å². The van der Waals surface area contributed by atoms with Gasteiger partial charge in [0, 0.05) is 13.1 Å². The minimum Gasteiger partial charge on any atom is -0.459 e. The van der Waals surface area contributed by atoms with E-state index in [2.05, 4.69) is 29.2 Å². The minimum atomic E-state index is -1.23. The molecule has 1 saturated heterocycles. The van der Waals surface area contributed by atoms with Crippen LogP contribution in [0.5, 0.6) is 0 Å². The number of esters is 1. The zero-order valence-corrected chi connectivity index (χ0v) is 40.3. The third-order valence-corrected chi connectivity index (χ3v) is 11.9. The van der Waals surface area contributed by atoms with Crippen molar-refractivity contribution in [2.45, 2.75) is 135 Å². The van der Waals surface area contributed by atoms with Crippen LogP contribution in [-0.4, -0.2) is 71.2 Å². The predicted molar refractivity (Wildman–Crippen MR) is 267 cm³/mol. The number of carbonyl (C=O) groups excluding carboxylic acids is 1. The van der Waals surface area contributed by atoms with Gasteiger partial charge in [0.25, 0.3) is 0 Å². The summed E-state index contributed by atoms with van der Waals surface area (Å²) in [5.74, 6) is -0.272. The van der Waals surface area contributed by atoms with Crippen molar-refractivity contribution in [3.8, 4) is 0 Å². The van der Waals surface area contributed by atoms with Gasteiger partial charge in [0.1, 0.15) is 36.1 Å². The van der Waals surface area contributed by atoms with Crippen LogP contribution in [0.4, 0.5) is 0 Å². The molecule has 2 unspecified atom stereocenters. The molecule has 364 valence electrons. The van der Waals surface area contributed by atoms with Crippen LogP contribution in [0.15, 0.2) is 182 Å². The summed E-state index contributed by atoms with van der Waals surface area (Å²) in [6.07, 6.45) is -3.16. The summed E-state index contributed by atoms with van der Waals surface area (Å²) in [6.45, 7) is 8.16. The van der Waals surface area contributed by atoms with Gasteiger partial charge in [-0.15, -0.1) is 0 Å². The van der Waals surface area contributed by atoms with E-state index in [9.17, 15) is 9.90 Å². The van der Waals surface area contributed by atoms with Gasteiger partial charge >= 0.3 is 5.97 Å². The summed E-state index contributed by atoms with van der Waals surface area (Å²) in [6, 6.07) is 59.7. The summed E-state index contributed by atoms with van der Waals surface area (Å²) in [4.78, 5) is 16.3. The van der Waals surface area contributed by atoms with Crippen molar-refractivity contribution < 1.29 is 43.1 Å². The van der Waals surface area contributed by atoms with Crippen LogP contribution >= 0.6 is 0 Å². The van der Waals surface area contributed by atoms with Crippen molar-refractivity contribution in [1.29, 1.82) is 0 Å². The van der Waals surface area contributed by atoms with Crippen molar-refractivity contribution in [3.63, 3.8) is 0 Å². The highest BCUT2D eigenvalue weighted by molar-refractivity contribution is 5.76. The van der Waals surface area contributed by atoms with Gasteiger partial charge in [-0.25, -0.2) is 0 Å². The van der Waals surface area contributed by atoms with Gasteiger partial charge in [0.15, 0.2) is 12.6 Å². The zero-order valence-electron chi connectivity index (χ0n) is 40.3. The molecule has 6 aromatic carbocycles. The molecular formula is C59H69NO9. The van der Waals surface area contributed by atoms with Gasteiger partial charge in [0.05, 0.1) is 33.0 Å². The van der Waals surface area contributed by atoms with E-state index in [1.54, 1.807) is 0 Å². The van der Waals surface area contributed by atoms with E-state index >= 15 is 0 Å². The fourth-order valence-corrected chi connectivity index (χ4v) is 8.47. The Hall–Kier alpha value is -5.53. The second-order valence-electron chi connectivity index (χ2n) is 18.6. The summed E-state index contributed by atoms with van der Waals surface area (Å²) < 4.78 is 46.2. The average Bonchev–Trinajstić information content (AvgIpc) is 3.36. The zero-order chi connectivity index (χ0) is 48.1. The largest absolute Gasteiger partial charge is 0.459 e. The lowest BCUT2D eigenvalue weighted by Gasteiger charge is -2.46. The van der Waals surface area contributed by atoms with Gasteiger partial charge in [-0.3, -0.25) is 9.69 Å². The molecule has 0 saturated carbocycles. The smallest absolute Gasteiger partial charge is 0.323 e. The molecule has 1 fully saturated rings. The molecule has 0 aliphatic carbocycles. The van der Waals surface area contributed by atoms with Crippen molar-refractivity contribution >= 4 is 5.97 Å². The molecule has 0 amide bonds. The Morgan fingerprint density at radius 1 is 0.536 bits per heavy atom. The molecule has 0 radical (unpaired) electrons. The maximum atomic E-state index is 14.1. The quantitative estimate of drug-likeness (QED) is 0.0321. The molecule has 0 spiro atoms. The van der Waals surface area contributed by atoms with E-state index in [-0.39, 0.29) is 32.2 Å². The van der Waals surface area contributed by atoms with Gasteiger partial charge in [-0.1, -0.05) is 188 Å². The van der Waals surface area contributed by atoms with Gasteiger partial charge in [-0.05, 0) is 73.4 Å². The predicted octanol–water partition coefficient (Wildman–Crippen LogP) is 11.0. The lowest BCUT2D eigenvalue weighted by molar-refractivity contribution is -0.352. The Kier molecular flexibility index (Phi) is 20.1. The number of hydrogen-bond donors (Lipinski definition) is 1. The summed E-state index contributed by atoms with van der Waals surface area (Å²) in [5.41, 5.74) is 5.50. The number of carbonyl (C=O) groups is 1. The first-order chi connectivity index (χ1) is 33.7. The fraction of sp³-hybridized carbons (Fsp3) is 0.373. The average molecular weight is 936 g/mol. The normalized spacial score (nSPS) is 19.2. The molecule has 69 heavy (non-hydrogen) atoms. The van der Waals surface area contributed by atoms with Crippen molar-refractivity contribution in [2.75, 3.05) is 6.61 Å². The molecule has 1 aliphatic rings. The number of nitrogens with zero attached hydrogens (tertiary/aromatic N) is 1. The Balaban J connectivity index is 1.11. The van der Waals surface area contributed by atoms with E-state index in [4.69, 9.17) is 33.2 Å². The Bertz CT molecular complexity index is 2280. The maximum Gasteiger partial charge on any atom is 0.323 e. The Morgan fingerprint density at radius 3 is 1.38 bits per heavy atom. The summed E-state index contributed by atoms with van der Waals surface area (Å²) in [7, 11) is 0. The van der Waals surface area contributed by atoms with Crippen LogP contribution in [0.25, 0.3) is 0 Å². The Labute approximate surface area is 409 Å². The van der Waals surface area contributed by atoms with Crippen LogP contribution < -0.4 is 0 Å². The van der Waals surface area contributed by atoms with Crippen LogP contribution in [0.1, 0.15) is 79.8 Å². The van der Waals surface area contributed by atoms with Gasteiger partial charge in [-0.2, -0.15) is 0 Å². The highest BCUT2D eigenvalue weighted by atomic mass is 16.8. The minimum absolute atomic E-state index is 0.162. The number of aliphatic hydroxyl groups excluding tert-OH is 1. The topological polar surface area (TPSA) is 105 Å². The monoisotopic (exact) mass is 935 g/mol. The van der Waals surface area contributed by atoms with Gasteiger partial charge in [0.2, 0.25) is 0 Å². The molecule has 1 heterocycles. The highest BCUT2D eigenvalue weighted by Gasteiger charge is 2.50. The first-order valence-electron chi connectivity index (χ1n) is 24.3. The number of hydrogen-bond acceptors (Lipinski definition) is 10. The molecule has 10 heteroatoms. The van der Waals surface area contributed by atoms with E-state index in [1.807, 2.05) is 178 Å². The van der Waals surface area contributed by atoms with Crippen LogP contribution in [-0.2, 0) is 77.5 Å². The molecule has 1 aliphatic heterocycles. The van der Waals surface area contributed by atoms with Crippen LogP contribution in [0, 0.1) is 0 Å². The standard InChI is InChI=1S/C59H69NO9/c1-59(2,3)69-57(62)51(60(38-45-24-10-4-11-25-45)39-46-26-12-5-13-27-46)36-22-23-37-53(61)68-58-56(66-43-50-34-20-9-21-35-50)55(65-42-49-32-18-8-19-33-49)54(64-41-48-30-16-7-17-31-48)52(67-58)44-63-40-47-28-14-6-15-29-47/h4-21,24-35,51-56,58,61H,22-23,36-44H2,1-3H3/t51?,52-,53?,54-,55+,56-,58+/m1/s1. The molecule has 1 N–H and O–H groups in total. The maximum absolute atomic E-state index is 14.1. The van der Waals surface area contributed by atoms with Crippen LogP contribution in [0.2, 0.25) is 0 Å². The fourth-order valence-electron chi connectivity index (χ4n) is 8.47. The number of benzene rings is 6.